The summed E-state index contributed by atoms with van der Waals surface area (Å²) < 4.78 is 38.2. The van der Waals surface area contributed by atoms with E-state index in [0.29, 0.717) is 24.8 Å². The third-order valence-corrected chi connectivity index (χ3v) is 5.21. The maximum Gasteiger partial charge on any atom is 0.416 e. The van der Waals surface area contributed by atoms with Crippen molar-refractivity contribution in [3.63, 3.8) is 0 Å². The second-order valence-electron chi connectivity index (χ2n) is 8.70. The van der Waals surface area contributed by atoms with E-state index in [0.717, 1.165) is 37.2 Å². The number of halogens is 3. The van der Waals surface area contributed by atoms with Crippen LogP contribution in [0.25, 0.3) is 0 Å². The van der Waals surface area contributed by atoms with Crippen molar-refractivity contribution in [2.24, 2.45) is 5.73 Å². The third kappa shape index (κ3) is 14.6. The molecule has 38 heavy (non-hydrogen) atoms. The molecule has 3 amide bonds. The van der Waals surface area contributed by atoms with Crippen LogP contribution in [0.1, 0.15) is 70.9 Å². The van der Waals surface area contributed by atoms with Crippen LogP contribution in [0.15, 0.2) is 48.2 Å². The van der Waals surface area contributed by atoms with Crippen LogP contribution >= 0.6 is 0 Å². The fourth-order valence-corrected chi connectivity index (χ4v) is 3.36. The molecular weight excluding hydrogens is 497 g/mol. The topological polar surface area (TPSA) is 105 Å². The lowest BCUT2D eigenvalue weighted by atomic mass is 10.1. The summed E-state index contributed by atoms with van der Waals surface area (Å²) in [4.78, 5) is 39.3. The van der Waals surface area contributed by atoms with Crippen LogP contribution in [0, 0.1) is 0 Å². The summed E-state index contributed by atoms with van der Waals surface area (Å²) in [6.45, 7) is 8.28. The van der Waals surface area contributed by atoms with E-state index < -0.39 is 29.6 Å². The van der Waals surface area contributed by atoms with Gasteiger partial charge in [-0.05, 0) is 44.0 Å². The molecule has 0 bridgehead atoms. The van der Waals surface area contributed by atoms with Gasteiger partial charge < -0.3 is 21.3 Å². The Balaban J connectivity index is 0.00000434. The third-order valence-electron chi connectivity index (χ3n) is 5.21. The van der Waals surface area contributed by atoms with E-state index in [1.165, 1.54) is 24.1 Å². The number of alkyl halides is 3. The predicted molar refractivity (Wildman–Crippen MR) is 145 cm³/mol. The van der Waals surface area contributed by atoms with Crippen LogP contribution in [0.5, 0.6) is 0 Å². The Bertz CT molecular complexity index is 913. The minimum Gasteiger partial charge on any atom is -0.344 e. The van der Waals surface area contributed by atoms with Gasteiger partial charge in [0.2, 0.25) is 17.7 Å². The van der Waals surface area contributed by atoms with Crippen LogP contribution in [0.4, 0.5) is 13.2 Å². The highest BCUT2D eigenvalue weighted by atomic mass is 19.4. The van der Waals surface area contributed by atoms with Gasteiger partial charge in [0.15, 0.2) is 0 Å². The van der Waals surface area contributed by atoms with Crippen LogP contribution in [0.2, 0.25) is 0 Å². The molecule has 0 saturated heterocycles. The summed E-state index contributed by atoms with van der Waals surface area (Å²) in [5.41, 5.74) is 5.21. The Morgan fingerprint density at radius 1 is 1.08 bits per heavy atom. The molecule has 1 unspecified atom stereocenters. The molecule has 1 aromatic carbocycles. The number of carbonyl (C=O) groups excluding carboxylic acids is 3. The lowest BCUT2D eigenvalue weighted by Crippen LogP contribution is -2.50. The fraction of sp³-hybridized carbons (Fsp3) is 0.536. The van der Waals surface area contributed by atoms with E-state index in [9.17, 15) is 27.6 Å². The number of unbranched alkanes of at least 4 members (excludes halogenated alkanes) is 1. The first-order valence-corrected chi connectivity index (χ1v) is 12.9. The molecule has 0 heterocycles. The normalized spacial score (nSPS) is 12.4. The SMILES string of the molecule is C/C=C\C/C(=C\CC)NC(=O)CN(C)C(=O)C(CCCC)NC(=O)Cc1ccc(C(F)(F)F)cc1.CCN. The number of hydrogen-bond donors (Lipinski definition) is 3. The van der Waals surface area contributed by atoms with E-state index >= 15 is 0 Å². The Hall–Kier alpha value is -3.14. The van der Waals surface area contributed by atoms with Gasteiger partial charge in [0.05, 0.1) is 18.5 Å². The number of allylic oxidation sites excluding steroid dienone is 3. The molecule has 0 aliphatic carbocycles. The van der Waals surface area contributed by atoms with E-state index in [2.05, 4.69) is 10.6 Å². The zero-order valence-electron chi connectivity index (χ0n) is 23.2. The summed E-state index contributed by atoms with van der Waals surface area (Å²) in [6, 6.07) is 3.51. The molecule has 10 heteroatoms. The molecule has 7 nitrogen and oxygen atoms in total. The molecule has 0 fully saturated rings. The number of amides is 3. The maximum absolute atomic E-state index is 13.0. The van der Waals surface area contributed by atoms with Gasteiger partial charge in [-0.2, -0.15) is 13.2 Å². The molecular formula is C28H43F3N4O3. The van der Waals surface area contributed by atoms with Gasteiger partial charge in [-0.15, -0.1) is 0 Å². The van der Waals surface area contributed by atoms with Gasteiger partial charge >= 0.3 is 6.18 Å². The number of hydrogen-bond acceptors (Lipinski definition) is 4. The minimum absolute atomic E-state index is 0.158. The van der Waals surface area contributed by atoms with Crippen molar-refractivity contribution in [2.75, 3.05) is 20.1 Å². The summed E-state index contributed by atoms with van der Waals surface area (Å²) >= 11 is 0. The summed E-state index contributed by atoms with van der Waals surface area (Å²) in [7, 11) is 1.50. The molecule has 214 valence electrons. The van der Waals surface area contributed by atoms with E-state index in [1.807, 2.05) is 45.9 Å². The van der Waals surface area contributed by atoms with Gasteiger partial charge in [-0.1, -0.05) is 64.0 Å². The van der Waals surface area contributed by atoms with Crippen molar-refractivity contribution in [3.8, 4) is 0 Å². The first kappa shape index (κ1) is 34.9. The van der Waals surface area contributed by atoms with Crippen molar-refractivity contribution in [1.29, 1.82) is 0 Å². The van der Waals surface area contributed by atoms with Crippen molar-refractivity contribution < 1.29 is 27.6 Å². The van der Waals surface area contributed by atoms with Crippen LogP contribution < -0.4 is 16.4 Å². The quantitative estimate of drug-likeness (QED) is 0.315. The average Bonchev–Trinajstić information content (AvgIpc) is 2.85. The van der Waals surface area contributed by atoms with Gasteiger partial charge in [-0.3, -0.25) is 14.4 Å². The Kier molecular flexibility index (Phi) is 17.4. The lowest BCUT2D eigenvalue weighted by Gasteiger charge is -2.24. The molecule has 1 aromatic rings. The Morgan fingerprint density at radius 3 is 2.18 bits per heavy atom. The smallest absolute Gasteiger partial charge is 0.344 e. The number of rotatable bonds is 13. The van der Waals surface area contributed by atoms with Crippen molar-refractivity contribution in [1.82, 2.24) is 15.5 Å². The monoisotopic (exact) mass is 540 g/mol. The van der Waals surface area contributed by atoms with Crippen LogP contribution in [-0.2, 0) is 27.0 Å². The standard InChI is InChI=1S/C26H36F3N3O3.C2H7N/c1-5-8-11-21(10-7-3)30-24(34)18-32(4)25(35)22(12-9-6-2)31-23(33)17-19-13-15-20(16-14-19)26(27,28)29;1-2-3/h5,8,10,13-16,22H,6-7,9,11-12,17-18H2,1-4H3,(H,30,34)(H,31,33);2-3H2,1H3/b8-5-,21-10+;. The molecule has 0 aromatic heterocycles. The lowest BCUT2D eigenvalue weighted by molar-refractivity contribution is -0.138. The number of nitrogens with zero attached hydrogens (tertiary/aromatic N) is 1. The molecule has 0 saturated carbocycles. The Labute approximate surface area is 224 Å². The molecule has 0 aliphatic heterocycles. The van der Waals surface area contributed by atoms with Gasteiger partial charge in [0, 0.05) is 19.2 Å². The minimum atomic E-state index is -4.45. The number of nitrogens with two attached hydrogens (primary N) is 1. The number of carbonyl (C=O) groups is 3. The highest BCUT2D eigenvalue weighted by molar-refractivity contribution is 5.91. The number of benzene rings is 1. The van der Waals surface area contributed by atoms with Gasteiger partial charge in [-0.25, -0.2) is 0 Å². The van der Waals surface area contributed by atoms with Gasteiger partial charge in [0.1, 0.15) is 6.04 Å². The fourth-order valence-electron chi connectivity index (χ4n) is 3.36. The zero-order valence-corrected chi connectivity index (χ0v) is 23.2. The van der Waals surface area contributed by atoms with E-state index in [4.69, 9.17) is 5.73 Å². The van der Waals surface area contributed by atoms with Gasteiger partial charge in [0.25, 0.3) is 0 Å². The molecule has 0 spiro atoms. The second kappa shape index (κ2) is 19.0. The first-order valence-electron chi connectivity index (χ1n) is 12.9. The Morgan fingerprint density at radius 2 is 1.68 bits per heavy atom. The zero-order chi connectivity index (χ0) is 29.1. The maximum atomic E-state index is 13.0. The highest BCUT2D eigenvalue weighted by Gasteiger charge is 2.30. The van der Waals surface area contributed by atoms with Crippen molar-refractivity contribution in [3.05, 3.63) is 59.3 Å². The second-order valence-corrected chi connectivity index (χ2v) is 8.70. The van der Waals surface area contributed by atoms with Crippen molar-refractivity contribution in [2.45, 2.75) is 78.4 Å². The molecule has 4 N–H and O–H groups in total. The summed E-state index contributed by atoms with van der Waals surface area (Å²) in [5, 5.41) is 5.50. The average molecular weight is 541 g/mol. The highest BCUT2D eigenvalue weighted by Crippen LogP contribution is 2.29. The number of likely N-dealkylation sites (N-methyl/N-ethyl adjacent to an activating group) is 1. The molecule has 1 rings (SSSR count). The molecule has 0 aliphatic rings. The first-order chi connectivity index (χ1) is 17.9. The largest absolute Gasteiger partial charge is 0.416 e. The van der Waals surface area contributed by atoms with E-state index in [-0.39, 0.29) is 18.9 Å². The predicted octanol–water partition coefficient (Wildman–Crippen LogP) is 4.72. The summed E-state index contributed by atoms with van der Waals surface area (Å²) in [5.74, 6) is -1.21. The molecule has 0 radical (unpaired) electrons. The molecule has 1 atom stereocenters. The summed E-state index contributed by atoms with van der Waals surface area (Å²) in [6.07, 6.45) is 4.32. The van der Waals surface area contributed by atoms with E-state index in [1.54, 1.807) is 0 Å². The van der Waals surface area contributed by atoms with Crippen molar-refractivity contribution >= 4 is 17.7 Å². The van der Waals surface area contributed by atoms with Crippen LogP contribution in [0.3, 0.4) is 0 Å². The number of nitrogens with one attached hydrogen (secondary N) is 2. The van der Waals surface area contributed by atoms with Crippen LogP contribution in [-0.4, -0.2) is 48.8 Å².